The van der Waals surface area contributed by atoms with Crippen molar-refractivity contribution in [2.45, 2.75) is 25.4 Å². The lowest BCUT2D eigenvalue weighted by molar-refractivity contribution is 0.425. The molecular formula is C13H12F2N2O. The minimum atomic E-state index is -0.639. The summed E-state index contributed by atoms with van der Waals surface area (Å²) in [4.78, 5) is 0. The molecule has 0 radical (unpaired) electrons. The molecule has 0 amide bonds. The molecule has 0 spiro atoms. The van der Waals surface area contributed by atoms with Crippen molar-refractivity contribution in [3.8, 4) is 11.3 Å². The van der Waals surface area contributed by atoms with Gasteiger partial charge in [-0.05, 0) is 25.0 Å². The fourth-order valence-corrected chi connectivity index (χ4v) is 1.85. The number of halogens is 2. The van der Waals surface area contributed by atoms with Crippen molar-refractivity contribution in [1.82, 2.24) is 10.5 Å². The van der Waals surface area contributed by atoms with Gasteiger partial charge in [-0.15, -0.1) is 0 Å². The van der Waals surface area contributed by atoms with E-state index in [1.807, 2.05) is 0 Å². The summed E-state index contributed by atoms with van der Waals surface area (Å²) >= 11 is 0. The standard InChI is InChI=1S/C13H12F2N2O/c14-10-2-1-3-11(15)12(10)13-8(7-17-18-13)6-16-9-4-5-9/h1-3,7,9,16H,4-6H2. The average Bonchev–Trinajstić information content (AvgIpc) is 3.06. The molecule has 5 heteroatoms. The Hall–Kier alpha value is -1.75. The van der Waals surface area contributed by atoms with Crippen molar-refractivity contribution in [2.75, 3.05) is 0 Å². The third kappa shape index (κ3) is 2.13. The van der Waals surface area contributed by atoms with Gasteiger partial charge in [-0.3, -0.25) is 0 Å². The number of aromatic nitrogens is 1. The Balaban J connectivity index is 1.93. The first-order valence-corrected chi connectivity index (χ1v) is 5.87. The van der Waals surface area contributed by atoms with Crippen LogP contribution in [0.15, 0.2) is 28.9 Å². The molecule has 1 heterocycles. The smallest absolute Gasteiger partial charge is 0.177 e. The maximum atomic E-state index is 13.7. The molecule has 94 valence electrons. The van der Waals surface area contributed by atoms with Crippen LogP contribution in [0, 0.1) is 11.6 Å². The molecule has 1 fully saturated rings. The maximum Gasteiger partial charge on any atom is 0.177 e. The lowest BCUT2D eigenvalue weighted by Gasteiger charge is -2.04. The largest absolute Gasteiger partial charge is 0.356 e. The molecule has 1 aromatic carbocycles. The second-order valence-corrected chi connectivity index (χ2v) is 4.43. The number of benzene rings is 1. The highest BCUT2D eigenvalue weighted by molar-refractivity contribution is 5.62. The minimum Gasteiger partial charge on any atom is -0.356 e. The highest BCUT2D eigenvalue weighted by Crippen LogP contribution is 2.29. The van der Waals surface area contributed by atoms with Crippen LogP contribution >= 0.6 is 0 Å². The van der Waals surface area contributed by atoms with E-state index >= 15 is 0 Å². The van der Waals surface area contributed by atoms with E-state index in [4.69, 9.17) is 4.52 Å². The van der Waals surface area contributed by atoms with E-state index in [2.05, 4.69) is 10.5 Å². The molecule has 0 unspecified atom stereocenters. The van der Waals surface area contributed by atoms with Crippen molar-refractivity contribution >= 4 is 0 Å². The van der Waals surface area contributed by atoms with Gasteiger partial charge in [0.25, 0.3) is 0 Å². The van der Waals surface area contributed by atoms with E-state index < -0.39 is 11.6 Å². The van der Waals surface area contributed by atoms with Crippen molar-refractivity contribution in [1.29, 1.82) is 0 Å². The molecule has 1 saturated carbocycles. The molecule has 1 N–H and O–H groups in total. The summed E-state index contributed by atoms with van der Waals surface area (Å²) < 4.78 is 32.3. The second kappa shape index (κ2) is 4.49. The normalized spacial score (nSPS) is 15.0. The highest BCUT2D eigenvalue weighted by atomic mass is 19.1. The van der Waals surface area contributed by atoms with Crippen molar-refractivity contribution in [3.05, 3.63) is 41.6 Å². The van der Waals surface area contributed by atoms with E-state index in [-0.39, 0.29) is 11.3 Å². The summed E-state index contributed by atoms with van der Waals surface area (Å²) in [5.74, 6) is -1.11. The number of nitrogens with one attached hydrogen (secondary N) is 1. The molecule has 2 aromatic rings. The van der Waals surface area contributed by atoms with Crippen LogP contribution in [-0.4, -0.2) is 11.2 Å². The zero-order chi connectivity index (χ0) is 12.5. The second-order valence-electron chi connectivity index (χ2n) is 4.43. The zero-order valence-electron chi connectivity index (χ0n) is 9.62. The molecule has 1 aliphatic rings. The van der Waals surface area contributed by atoms with Gasteiger partial charge >= 0.3 is 0 Å². The van der Waals surface area contributed by atoms with Gasteiger partial charge in [0.15, 0.2) is 5.76 Å². The molecule has 0 saturated heterocycles. The average molecular weight is 250 g/mol. The van der Waals surface area contributed by atoms with Gasteiger partial charge < -0.3 is 9.84 Å². The lowest BCUT2D eigenvalue weighted by Crippen LogP contribution is -2.15. The van der Waals surface area contributed by atoms with Crippen molar-refractivity contribution < 1.29 is 13.3 Å². The first-order valence-electron chi connectivity index (χ1n) is 5.87. The predicted molar refractivity (Wildman–Crippen MR) is 61.7 cm³/mol. The summed E-state index contributed by atoms with van der Waals surface area (Å²) in [6, 6.07) is 4.25. The van der Waals surface area contributed by atoms with Gasteiger partial charge in [-0.2, -0.15) is 0 Å². The quantitative estimate of drug-likeness (QED) is 0.906. The van der Waals surface area contributed by atoms with Crippen LogP contribution in [0.2, 0.25) is 0 Å². The zero-order valence-corrected chi connectivity index (χ0v) is 9.62. The van der Waals surface area contributed by atoms with E-state index in [9.17, 15) is 8.78 Å². The van der Waals surface area contributed by atoms with Gasteiger partial charge in [0.2, 0.25) is 0 Å². The van der Waals surface area contributed by atoms with E-state index in [0.29, 0.717) is 18.2 Å². The monoisotopic (exact) mass is 250 g/mol. The molecule has 0 aliphatic heterocycles. The number of hydrogen-bond acceptors (Lipinski definition) is 3. The van der Waals surface area contributed by atoms with Crippen LogP contribution in [0.25, 0.3) is 11.3 Å². The Kier molecular flexibility index (Phi) is 2.83. The fourth-order valence-electron chi connectivity index (χ4n) is 1.85. The first-order chi connectivity index (χ1) is 8.75. The van der Waals surface area contributed by atoms with Gasteiger partial charge in [0.05, 0.1) is 11.8 Å². The topological polar surface area (TPSA) is 38.1 Å². The Morgan fingerprint density at radius 1 is 1.28 bits per heavy atom. The first kappa shape index (κ1) is 11.3. The van der Waals surface area contributed by atoms with Crippen molar-refractivity contribution in [2.24, 2.45) is 0 Å². The van der Waals surface area contributed by atoms with Crippen molar-refractivity contribution in [3.63, 3.8) is 0 Å². The Morgan fingerprint density at radius 3 is 2.67 bits per heavy atom. The van der Waals surface area contributed by atoms with E-state index in [1.165, 1.54) is 24.4 Å². The number of rotatable bonds is 4. The fraction of sp³-hybridized carbons (Fsp3) is 0.308. The molecule has 3 rings (SSSR count). The van der Waals surface area contributed by atoms with Gasteiger partial charge in [0, 0.05) is 18.2 Å². The van der Waals surface area contributed by atoms with Crippen LogP contribution in [0.3, 0.4) is 0 Å². The Bertz CT molecular complexity index is 544. The molecular weight excluding hydrogens is 238 g/mol. The summed E-state index contributed by atoms with van der Waals surface area (Å²) in [6.45, 7) is 0.511. The SMILES string of the molecule is Fc1cccc(F)c1-c1oncc1CNC1CC1. The molecule has 1 aromatic heterocycles. The van der Waals surface area contributed by atoms with Crippen LogP contribution < -0.4 is 5.32 Å². The third-order valence-electron chi connectivity index (χ3n) is 2.99. The van der Waals surface area contributed by atoms with Gasteiger partial charge in [0.1, 0.15) is 11.6 Å². The minimum absolute atomic E-state index is 0.150. The Labute approximate surface area is 103 Å². The van der Waals surface area contributed by atoms with E-state index in [1.54, 1.807) is 0 Å². The van der Waals surface area contributed by atoms with Gasteiger partial charge in [-0.25, -0.2) is 8.78 Å². The molecule has 0 bridgehead atoms. The molecule has 3 nitrogen and oxygen atoms in total. The number of nitrogens with zero attached hydrogens (tertiary/aromatic N) is 1. The highest BCUT2D eigenvalue weighted by Gasteiger charge is 2.23. The lowest BCUT2D eigenvalue weighted by atomic mass is 10.1. The molecule has 1 aliphatic carbocycles. The van der Waals surface area contributed by atoms with E-state index in [0.717, 1.165) is 12.8 Å². The van der Waals surface area contributed by atoms with Crippen LogP contribution in [0.4, 0.5) is 8.78 Å². The summed E-state index contributed by atoms with van der Waals surface area (Å²) in [5.41, 5.74) is 0.522. The third-order valence-corrected chi connectivity index (χ3v) is 2.99. The molecule has 18 heavy (non-hydrogen) atoms. The Morgan fingerprint density at radius 2 is 2.00 bits per heavy atom. The van der Waals surface area contributed by atoms with Crippen LogP contribution in [0.1, 0.15) is 18.4 Å². The molecule has 0 atom stereocenters. The number of hydrogen-bond donors (Lipinski definition) is 1. The summed E-state index contributed by atoms with van der Waals surface area (Å²) in [6.07, 6.45) is 3.79. The summed E-state index contributed by atoms with van der Waals surface area (Å²) in [5, 5.41) is 6.89. The summed E-state index contributed by atoms with van der Waals surface area (Å²) in [7, 11) is 0. The van der Waals surface area contributed by atoms with Gasteiger partial charge in [-0.1, -0.05) is 11.2 Å². The maximum absolute atomic E-state index is 13.7. The predicted octanol–water partition coefficient (Wildman–Crippen LogP) is 2.87. The van der Waals surface area contributed by atoms with Crippen LogP contribution in [0.5, 0.6) is 0 Å². The van der Waals surface area contributed by atoms with Crippen LogP contribution in [-0.2, 0) is 6.54 Å².